The van der Waals surface area contributed by atoms with E-state index in [1.54, 1.807) is 11.8 Å². The van der Waals surface area contributed by atoms with E-state index in [0.29, 0.717) is 11.7 Å². The summed E-state index contributed by atoms with van der Waals surface area (Å²) in [6.07, 6.45) is 3.05. The Bertz CT molecular complexity index is 382. The van der Waals surface area contributed by atoms with Crippen molar-refractivity contribution in [2.24, 2.45) is 5.92 Å². The maximum atomic E-state index is 12.4. The number of carbonyl (C=O) groups is 2. The molecule has 108 valence electrons. The molecule has 0 bridgehead atoms. The van der Waals surface area contributed by atoms with E-state index in [4.69, 9.17) is 0 Å². The molecule has 2 fully saturated rings. The average Bonchev–Trinajstić information content (AvgIpc) is 3.07. The van der Waals surface area contributed by atoms with Crippen LogP contribution in [0.15, 0.2) is 0 Å². The first kappa shape index (κ1) is 14.5. The first-order chi connectivity index (χ1) is 8.86. The van der Waals surface area contributed by atoms with Gasteiger partial charge in [0, 0.05) is 11.3 Å². The Hall–Kier alpha value is -0.910. The number of carboxylic acid groups (broad SMARTS) is 1. The van der Waals surface area contributed by atoms with Crippen LogP contribution in [0.1, 0.15) is 40.0 Å². The van der Waals surface area contributed by atoms with Gasteiger partial charge in [-0.15, -0.1) is 11.8 Å². The third kappa shape index (κ3) is 2.99. The van der Waals surface area contributed by atoms with Gasteiger partial charge in [-0.05, 0) is 39.0 Å². The molecule has 2 unspecified atom stereocenters. The van der Waals surface area contributed by atoms with Crippen molar-refractivity contribution in [3.8, 4) is 0 Å². The lowest BCUT2D eigenvalue weighted by Crippen LogP contribution is -2.56. The average molecular weight is 286 g/mol. The zero-order valence-corrected chi connectivity index (χ0v) is 12.5. The van der Waals surface area contributed by atoms with Gasteiger partial charge >= 0.3 is 12.0 Å². The normalized spacial score (nSPS) is 27.4. The van der Waals surface area contributed by atoms with Gasteiger partial charge < -0.3 is 10.4 Å². The molecule has 0 radical (unpaired) electrons. The summed E-state index contributed by atoms with van der Waals surface area (Å²) in [5.74, 6) is 0.0865. The van der Waals surface area contributed by atoms with E-state index in [1.165, 1.54) is 4.90 Å². The Labute approximate surface area is 118 Å². The van der Waals surface area contributed by atoms with Crippen molar-refractivity contribution < 1.29 is 14.7 Å². The fraction of sp³-hybridized carbons (Fsp3) is 0.846. The smallest absolute Gasteiger partial charge is 0.327 e. The predicted molar refractivity (Wildman–Crippen MR) is 75.1 cm³/mol. The summed E-state index contributed by atoms with van der Waals surface area (Å²) in [6.45, 7) is 6.01. The summed E-state index contributed by atoms with van der Waals surface area (Å²) in [5.41, 5.74) is -0.244. The number of aliphatic carboxylic acids is 1. The number of thioether (sulfide) groups is 1. The fourth-order valence-electron chi connectivity index (χ4n) is 2.59. The Balaban J connectivity index is 2.07. The van der Waals surface area contributed by atoms with Crippen LogP contribution in [0.5, 0.6) is 0 Å². The summed E-state index contributed by atoms with van der Waals surface area (Å²) >= 11 is 1.55. The molecule has 1 saturated carbocycles. The molecule has 0 aromatic rings. The van der Waals surface area contributed by atoms with Crippen molar-refractivity contribution in [2.45, 2.75) is 57.0 Å². The topological polar surface area (TPSA) is 69.6 Å². The van der Waals surface area contributed by atoms with Gasteiger partial charge in [0.2, 0.25) is 0 Å². The number of nitrogens with zero attached hydrogens (tertiary/aromatic N) is 1. The van der Waals surface area contributed by atoms with Crippen molar-refractivity contribution in [3.63, 3.8) is 0 Å². The molecule has 0 aromatic carbocycles. The second-order valence-electron chi connectivity index (χ2n) is 5.88. The highest BCUT2D eigenvalue weighted by Crippen LogP contribution is 2.40. The van der Waals surface area contributed by atoms with Crippen molar-refractivity contribution in [2.75, 3.05) is 5.75 Å². The number of carboxylic acids is 1. The summed E-state index contributed by atoms with van der Waals surface area (Å²) in [6, 6.07) is -0.939. The molecule has 0 aromatic heterocycles. The molecule has 6 heteroatoms. The number of hydrogen-bond donors (Lipinski definition) is 2. The van der Waals surface area contributed by atoms with E-state index in [-0.39, 0.29) is 16.9 Å². The summed E-state index contributed by atoms with van der Waals surface area (Å²) in [5, 5.41) is 12.2. The third-order valence-electron chi connectivity index (χ3n) is 3.99. The van der Waals surface area contributed by atoms with Crippen LogP contribution in [0.4, 0.5) is 4.79 Å². The maximum absolute atomic E-state index is 12.4. The van der Waals surface area contributed by atoms with Crippen LogP contribution in [-0.2, 0) is 4.79 Å². The number of amides is 2. The minimum absolute atomic E-state index is 0.0314. The van der Waals surface area contributed by atoms with Crippen LogP contribution < -0.4 is 5.32 Å². The van der Waals surface area contributed by atoms with Crippen LogP contribution in [0.25, 0.3) is 0 Å². The Morgan fingerprint density at radius 1 is 1.42 bits per heavy atom. The quantitative estimate of drug-likeness (QED) is 0.830. The number of carbonyl (C=O) groups excluding carboxylic acids is 1. The van der Waals surface area contributed by atoms with E-state index >= 15 is 0 Å². The predicted octanol–water partition coefficient (Wildman–Crippen LogP) is 2.12. The minimum atomic E-state index is -0.914. The van der Waals surface area contributed by atoms with Gasteiger partial charge in [0.1, 0.15) is 6.04 Å². The molecule has 1 aliphatic heterocycles. The zero-order valence-electron chi connectivity index (χ0n) is 11.7. The van der Waals surface area contributed by atoms with Crippen LogP contribution in [0.2, 0.25) is 0 Å². The molecule has 1 saturated heterocycles. The Morgan fingerprint density at radius 3 is 2.53 bits per heavy atom. The molecule has 1 heterocycles. The van der Waals surface area contributed by atoms with Gasteiger partial charge in [-0.2, -0.15) is 0 Å². The highest BCUT2D eigenvalue weighted by molar-refractivity contribution is 8.00. The number of rotatable bonds is 4. The van der Waals surface area contributed by atoms with Crippen molar-refractivity contribution >= 4 is 23.8 Å². The van der Waals surface area contributed by atoms with E-state index < -0.39 is 12.0 Å². The van der Waals surface area contributed by atoms with Crippen LogP contribution in [-0.4, -0.2) is 44.7 Å². The van der Waals surface area contributed by atoms with Gasteiger partial charge in [-0.3, -0.25) is 4.90 Å². The number of urea groups is 1. The third-order valence-corrected chi connectivity index (χ3v) is 5.44. The van der Waals surface area contributed by atoms with Crippen LogP contribution in [0, 0.1) is 5.92 Å². The van der Waals surface area contributed by atoms with E-state index in [1.807, 2.05) is 20.8 Å². The van der Waals surface area contributed by atoms with E-state index in [9.17, 15) is 14.7 Å². The second-order valence-corrected chi connectivity index (χ2v) is 7.09. The molecule has 19 heavy (non-hydrogen) atoms. The van der Waals surface area contributed by atoms with Crippen molar-refractivity contribution in [1.29, 1.82) is 0 Å². The largest absolute Gasteiger partial charge is 0.480 e. The summed E-state index contributed by atoms with van der Waals surface area (Å²) < 4.78 is 0. The summed E-state index contributed by atoms with van der Waals surface area (Å²) in [4.78, 5) is 25.2. The lowest BCUT2D eigenvalue weighted by molar-refractivity contribution is -0.141. The van der Waals surface area contributed by atoms with Gasteiger partial charge in [0.25, 0.3) is 0 Å². The van der Waals surface area contributed by atoms with Gasteiger partial charge in [0.15, 0.2) is 0 Å². The first-order valence-electron chi connectivity index (χ1n) is 6.81. The number of nitrogens with one attached hydrogen (secondary N) is 1. The summed E-state index contributed by atoms with van der Waals surface area (Å²) in [7, 11) is 0. The van der Waals surface area contributed by atoms with Gasteiger partial charge in [-0.1, -0.05) is 6.92 Å². The zero-order chi connectivity index (χ0) is 14.2. The lowest BCUT2D eigenvalue weighted by Gasteiger charge is -2.33. The Morgan fingerprint density at radius 2 is 2.05 bits per heavy atom. The highest BCUT2D eigenvalue weighted by atomic mass is 32.2. The van der Waals surface area contributed by atoms with Crippen LogP contribution in [0.3, 0.4) is 0 Å². The maximum Gasteiger partial charge on any atom is 0.327 e. The molecule has 2 amide bonds. The molecule has 0 spiro atoms. The molecule has 5 nitrogen and oxygen atoms in total. The Kier molecular flexibility index (Phi) is 3.99. The number of hydrogen-bond acceptors (Lipinski definition) is 3. The van der Waals surface area contributed by atoms with Crippen molar-refractivity contribution in [1.82, 2.24) is 10.2 Å². The lowest BCUT2D eigenvalue weighted by atomic mass is 9.99. The standard InChI is InChI=1S/C13H22N2O3S/c1-4-10-15(9(7-19-10)11(16)17)12(18)14-13(2,3)8-5-6-8/h8-10H,4-7H2,1-3H3,(H,14,18)(H,16,17). The molecule has 1 aliphatic carbocycles. The molecule has 2 N–H and O–H groups in total. The van der Waals surface area contributed by atoms with Gasteiger partial charge in [-0.25, -0.2) is 9.59 Å². The SMILES string of the molecule is CCC1SCC(C(=O)O)N1C(=O)NC(C)(C)C1CC1. The van der Waals surface area contributed by atoms with E-state index in [0.717, 1.165) is 19.3 Å². The minimum Gasteiger partial charge on any atom is -0.480 e. The fourth-order valence-corrected chi connectivity index (χ4v) is 3.93. The molecular formula is C13H22N2O3S. The highest BCUT2D eigenvalue weighted by Gasteiger charge is 2.44. The molecule has 2 aliphatic rings. The monoisotopic (exact) mass is 286 g/mol. The molecule has 2 rings (SSSR count). The van der Waals surface area contributed by atoms with Crippen molar-refractivity contribution in [3.05, 3.63) is 0 Å². The molecular weight excluding hydrogens is 264 g/mol. The first-order valence-corrected chi connectivity index (χ1v) is 7.86. The van der Waals surface area contributed by atoms with Gasteiger partial charge in [0.05, 0.1) is 5.37 Å². The molecule has 2 atom stereocenters. The van der Waals surface area contributed by atoms with Crippen LogP contribution >= 0.6 is 11.8 Å². The second kappa shape index (κ2) is 5.23. The van der Waals surface area contributed by atoms with E-state index in [2.05, 4.69) is 5.32 Å².